The van der Waals surface area contributed by atoms with E-state index in [2.05, 4.69) is 15.3 Å². The summed E-state index contributed by atoms with van der Waals surface area (Å²) >= 11 is 0. The third-order valence-corrected chi connectivity index (χ3v) is 3.49. The lowest BCUT2D eigenvalue weighted by atomic mass is 10.3. The zero-order chi connectivity index (χ0) is 13.9. The summed E-state index contributed by atoms with van der Waals surface area (Å²) in [5.41, 5.74) is 0.339. The van der Waals surface area contributed by atoms with Gasteiger partial charge in [0.25, 0.3) is 5.91 Å². The predicted octanol–water partition coefficient (Wildman–Crippen LogP) is 1.13. The molecule has 0 aliphatic rings. The van der Waals surface area contributed by atoms with Gasteiger partial charge in [-0.05, 0) is 12.1 Å². The lowest BCUT2D eigenvalue weighted by Crippen LogP contribution is -2.16. The Kier molecular flexibility index (Phi) is 3.57. The molecule has 1 heterocycles. The van der Waals surface area contributed by atoms with Crippen LogP contribution in [0.4, 0.5) is 5.69 Å². The van der Waals surface area contributed by atoms with Crippen molar-refractivity contribution in [2.45, 2.75) is 4.90 Å². The molecule has 0 saturated heterocycles. The molecule has 1 aromatic carbocycles. The van der Waals surface area contributed by atoms with Crippen molar-refractivity contribution in [1.29, 1.82) is 0 Å². The molecule has 2 aromatic rings. The van der Waals surface area contributed by atoms with Gasteiger partial charge in [-0.2, -0.15) is 0 Å². The maximum Gasteiger partial charge on any atom is 0.275 e. The number of carbonyl (C=O) groups excluding carboxylic acids is 1. The van der Waals surface area contributed by atoms with E-state index in [0.29, 0.717) is 0 Å². The maximum absolute atomic E-state index is 11.9. The van der Waals surface area contributed by atoms with E-state index in [1.165, 1.54) is 30.7 Å². The van der Waals surface area contributed by atoms with E-state index < -0.39 is 15.7 Å². The molecule has 0 aliphatic heterocycles. The summed E-state index contributed by atoms with van der Waals surface area (Å²) in [7, 11) is -3.41. The summed E-state index contributed by atoms with van der Waals surface area (Å²) in [6.45, 7) is 0. The van der Waals surface area contributed by atoms with E-state index in [1.54, 1.807) is 12.1 Å². The summed E-state index contributed by atoms with van der Waals surface area (Å²) in [4.78, 5) is 19.6. The summed E-state index contributed by atoms with van der Waals surface area (Å²) < 4.78 is 23.2. The quantitative estimate of drug-likeness (QED) is 0.908. The van der Waals surface area contributed by atoms with Crippen LogP contribution in [0.3, 0.4) is 0 Å². The van der Waals surface area contributed by atoms with Gasteiger partial charge in [0, 0.05) is 18.6 Å². The molecule has 0 fully saturated rings. The minimum absolute atomic E-state index is 0.0623. The Labute approximate surface area is 110 Å². The van der Waals surface area contributed by atoms with Gasteiger partial charge in [-0.3, -0.25) is 9.78 Å². The molecule has 98 valence electrons. The Morgan fingerprint density at radius 1 is 1.21 bits per heavy atom. The second-order valence-corrected chi connectivity index (χ2v) is 5.80. The second-order valence-electron chi connectivity index (χ2n) is 3.81. The van der Waals surface area contributed by atoms with Crippen molar-refractivity contribution >= 4 is 21.4 Å². The number of hydrogen-bond donors (Lipinski definition) is 1. The van der Waals surface area contributed by atoms with Gasteiger partial charge in [0.15, 0.2) is 9.84 Å². The van der Waals surface area contributed by atoms with E-state index in [-0.39, 0.29) is 16.3 Å². The first-order chi connectivity index (χ1) is 8.98. The predicted molar refractivity (Wildman–Crippen MR) is 69.5 cm³/mol. The minimum atomic E-state index is -3.41. The molecule has 1 amide bonds. The van der Waals surface area contributed by atoms with E-state index in [4.69, 9.17) is 0 Å². The number of rotatable bonds is 3. The van der Waals surface area contributed by atoms with Gasteiger partial charge in [-0.25, -0.2) is 13.4 Å². The number of amides is 1. The summed E-state index contributed by atoms with van der Waals surface area (Å²) in [6.07, 6.45) is 5.22. The molecule has 6 nitrogen and oxygen atoms in total. The topological polar surface area (TPSA) is 89.0 Å². The van der Waals surface area contributed by atoms with Gasteiger partial charge in [0.05, 0.1) is 16.8 Å². The maximum atomic E-state index is 11.9. The number of anilines is 1. The fraction of sp³-hybridized carbons (Fsp3) is 0.0833. The highest BCUT2D eigenvalue weighted by Gasteiger charge is 2.15. The number of para-hydroxylation sites is 1. The van der Waals surface area contributed by atoms with Gasteiger partial charge < -0.3 is 5.32 Å². The normalized spacial score (nSPS) is 11.0. The number of sulfone groups is 1. The fourth-order valence-corrected chi connectivity index (χ4v) is 2.34. The molecule has 0 bridgehead atoms. The van der Waals surface area contributed by atoms with E-state index in [1.807, 2.05) is 0 Å². The number of carbonyl (C=O) groups is 1. The Morgan fingerprint density at radius 2 is 1.95 bits per heavy atom. The number of nitrogens with one attached hydrogen (secondary N) is 1. The van der Waals surface area contributed by atoms with Crippen LogP contribution < -0.4 is 5.32 Å². The highest BCUT2D eigenvalue weighted by molar-refractivity contribution is 7.90. The van der Waals surface area contributed by atoms with E-state index in [9.17, 15) is 13.2 Å². The van der Waals surface area contributed by atoms with Crippen LogP contribution in [-0.2, 0) is 9.84 Å². The molecule has 19 heavy (non-hydrogen) atoms. The van der Waals surface area contributed by atoms with Gasteiger partial charge in [-0.15, -0.1) is 0 Å². The largest absolute Gasteiger partial charge is 0.319 e. The molecule has 0 aliphatic carbocycles. The van der Waals surface area contributed by atoms with Crippen molar-refractivity contribution in [3.8, 4) is 0 Å². The first-order valence-electron chi connectivity index (χ1n) is 5.35. The van der Waals surface area contributed by atoms with E-state index in [0.717, 1.165) is 6.26 Å². The SMILES string of the molecule is CS(=O)(=O)c1ccccc1NC(=O)c1cnccn1. The molecule has 7 heteroatoms. The van der Waals surface area contributed by atoms with Crippen molar-refractivity contribution < 1.29 is 13.2 Å². The van der Waals surface area contributed by atoms with Crippen LogP contribution in [0.25, 0.3) is 0 Å². The molecule has 0 spiro atoms. The highest BCUT2D eigenvalue weighted by Crippen LogP contribution is 2.20. The second kappa shape index (κ2) is 5.15. The monoisotopic (exact) mass is 277 g/mol. The first kappa shape index (κ1) is 13.2. The molecular weight excluding hydrogens is 266 g/mol. The van der Waals surface area contributed by atoms with Crippen molar-refractivity contribution in [3.63, 3.8) is 0 Å². The van der Waals surface area contributed by atoms with Gasteiger partial charge in [0.2, 0.25) is 0 Å². The smallest absolute Gasteiger partial charge is 0.275 e. The van der Waals surface area contributed by atoms with Crippen molar-refractivity contribution in [2.75, 3.05) is 11.6 Å². The van der Waals surface area contributed by atoms with E-state index >= 15 is 0 Å². The molecular formula is C12H11N3O3S. The third-order valence-electron chi connectivity index (χ3n) is 2.33. The molecule has 0 unspecified atom stereocenters. The van der Waals surface area contributed by atoms with Crippen molar-refractivity contribution in [3.05, 3.63) is 48.5 Å². The molecule has 2 rings (SSSR count). The number of nitrogens with zero attached hydrogens (tertiary/aromatic N) is 2. The Morgan fingerprint density at radius 3 is 2.58 bits per heavy atom. The van der Waals surface area contributed by atoms with Crippen LogP contribution in [0.15, 0.2) is 47.8 Å². The molecule has 1 aromatic heterocycles. The highest BCUT2D eigenvalue weighted by atomic mass is 32.2. The summed E-state index contributed by atoms with van der Waals surface area (Å²) in [5, 5.41) is 2.51. The zero-order valence-corrected chi connectivity index (χ0v) is 10.9. The van der Waals surface area contributed by atoms with Crippen LogP contribution in [0.2, 0.25) is 0 Å². The fourth-order valence-electron chi connectivity index (χ4n) is 1.50. The van der Waals surface area contributed by atoms with Crippen molar-refractivity contribution in [2.24, 2.45) is 0 Å². The van der Waals surface area contributed by atoms with Crippen LogP contribution in [0, 0.1) is 0 Å². The zero-order valence-electron chi connectivity index (χ0n) is 10.1. The van der Waals surface area contributed by atoms with Crippen LogP contribution in [0.5, 0.6) is 0 Å². The van der Waals surface area contributed by atoms with Crippen LogP contribution in [-0.4, -0.2) is 30.5 Å². The Bertz CT molecular complexity index is 699. The van der Waals surface area contributed by atoms with Crippen LogP contribution >= 0.6 is 0 Å². The molecule has 1 N–H and O–H groups in total. The van der Waals surface area contributed by atoms with Gasteiger partial charge in [0.1, 0.15) is 5.69 Å². The minimum Gasteiger partial charge on any atom is -0.319 e. The number of benzene rings is 1. The molecule has 0 radical (unpaired) electrons. The molecule has 0 atom stereocenters. The van der Waals surface area contributed by atoms with Crippen molar-refractivity contribution in [1.82, 2.24) is 9.97 Å². The lowest BCUT2D eigenvalue weighted by Gasteiger charge is -2.08. The average Bonchev–Trinajstić information content (AvgIpc) is 2.39. The Hall–Kier alpha value is -2.28. The number of aromatic nitrogens is 2. The lowest BCUT2D eigenvalue weighted by molar-refractivity contribution is 0.102. The molecule has 0 saturated carbocycles. The summed E-state index contributed by atoms with van der Waals surface area (Å²) in [6, 6.07) is 6.18. The Balaban J connectivity index is 2.33. The standard InChI is InChI=1S/C12H11N3O3S/c1-19(17,18)11-5-3-2-4-9(11)15-12(16)10-8-13-6-7-14-10/h2-8H,1H3,(H,15,16). The van der Waals surface area contributed by atoms with Crippen LogP contribution in [0.1, 0.15) is 10.5 Å². The van der Waals surface area contributed by atoms with Gasteiger partial charge >= 0.3 is 0 Å². The summed E-state index contributed by atoms with van der Waals surface area (Å²) in [5.74, 6) is -0.510. The van der Waals surface area contributed by atoms with Gasteiger partial charge in [-0.1, -0.05) is 12.1 Å². The first-order valence-corrected chi connectivity index (χ1v) is 7.24. The number of hydrogen-bond acceptors (Lipinski definition) is 5. The average molecular weight is 277 g/mol. The third kappa shape index (κ3) is 3.14.